The molecular formula is C18H22N6OS. The monoisotopic (exact) mass is 370 g/mol. The van der Waals surface area contributed by atoms with E-state index in [9.17, 15) is 5.11 Å². The van der Waals surface area contributed by atoms with Gasteiger partial charge in [0.25, 0.3) is 0 Å². The van der Waals surface area contributed by atoms with E-state index in [0.29, 0.717) is 11.8 Å². The van der Waals surface area contributed by atoms with E-state index in [2.05, 4.69) is 26.5 Å². The van der Waals surface area contributed by atoms with Crippen LogP contribution in [-0.4, -0.2) is 45.0 Å². The molecule has 0 spiro atoms. The minimum atomic E-state index is 0.222. The number of hydrogen-bond donors (Lipinski definition) is 3. The standard InChI is InChI=1S/C18H22N6OS/c25-10-11-2-1-6-24(9-11)18-19-13-5-7-26-16(13)17(21-18)20-15-8-14(22-23-15)12-3-4-12/h5,7-8,11-12,25H,1-4,6,9-10H2,(H2,19,20,21,22,23)/t11-/m1/s1. The van der Waals surface area contributed by atoms with Gasteiger partial charge in [0.05, 0.1) is 10.2 Å². The summed E-state index contributed by atoms with van der Waals surface area (Å²) in [6.07, 6.45) is 4.62. The lowest BCUT2D eigenvalue weighted by atomic mass is 9.99. The van der Waals surface area contributed by atoms with Gasteiger partial charge < -0.3 is 15.3 Å². The Labute approximate surface area is 155 Å². The van der Waals surface area contributed by atoms with E-state index in [1.165, 1.54) is 18.5 Å². The zero-order chi connectivity index (χ0) is 17.5. The number of piperidine rings is 1. The number of aromatic amines is 1. The first-order chi connectivity index (χ1) is 12.8. The predicted octanol–water partition coefficient (Wildman–Crippen LogP) is 3.24. The van der Waals surface area contributed by atoms with Crippen molar-refractivity contribution in [3.63, 3.8) is 0 Å². The van der Waals surface area contributed by atoms with E-state index in [-0.39, 0.29) is 6.61 Å². The van der Waals surface area contributed by atoms with Crippen molar-refractivity contribution < 1.29 is 5.11 Å². The molecule has 136 valence electrons. The molecule has 7 nitrogen and oxygen atoms in total. The maximum atomic E-state index is 9.51. The number of nitrogens with one attached hydrogen (secondary N) is 2. The van der Waals surface area contributed by atoms with Gasteiger partial charge in [0.15, 0.2) is 11.6 Å². The van der Waals surface area contributed by atoms with Crippen molar-refractivity contribution in [2.24, 2.45) is 5.92 Å². The summed E-state index contributed by atoms with van der Waals surface area (Å²) in [6, 6.07) is 4.12. The first-order valence-corrected chi connectivity index (χ1v) is 10.1. The summed E-state index contributed by atoms with van der Waals surface area (Å²) in [6.45, 7) is 1.96. The molecule has 0 radical (unpaired) electrons. The molecule has 3 aromatic rings. The van der Waals surface area contributed by atoms with Gasteiger partial charge in [0.2, 0.25) is 5.95 Å². The molecule has 1 saturated carbocycles. The number of nitrogens with zero attached hydrogens (tertiary/aromatic N) is 4. The molecule has 1 aliphatic heterocycles. The average molecular weight is 370 g/mol. The molecular weight excluding hydrogens is 348 g/mol. The van der Waals surface area contributed by atoms with Gasteiger partial charge in [-0.2, -0.15) is 10.1 Å². The molecule has 1 aliphatic carbocycles. The predicted molar refractivity (Wildman–Crippen MR) is 103 cm³/mol. The Morgan fingerprint density at radius 1 is 1.31 bits per heavy atom. The quantitative estimate of drug-likeness (QED) is 0.639. The molecule has 8 heteroatoms. The van der Waals surface area contributed by atoms with Crippen LogP contribution in [-0.2, 0) is 0 Å². The molecule has 2 fully saturated rings. The normalized spacial score (nSPS) is 20.7. The Morgan fingerprint density at radius 2 is 2.23 bits per heavy atom. The van der Waals surface area contributed by atoms with E-state index >= 15 is 0 Å². The highest BCUT2D eigenvalue weighted by Crippen LogP contribution is 2.40. The molecule has 1 saturated heterocycles. The Hall–Kier alpha value is -2.19. The van der Waals surface area contributed by atoms with Crippen molar-refractivity contribution in [3.05, 3.63) is 23.2 Å². The zero-order valence-electron chi connectivity index (χ0n) is 14.5. The third-order valence-corrected chi connectivity index (χ3v) is 6.12. The van der Waals surface area contributed by atoms with Crippen LogP contribution in [0, 0.1) is 5.92 Å². The number of fused-ring (bicyclic) bond motifs is 1. The Kier molecular flexibility index (Phi) is 4.01. The molecule has 3 aromatic heterocycles. The number of anilines is 3. The number of aliphatic hydroxyl groups is 1. The van der Waals surface area contributed by atoms with Gasteiger partial charge in [-0.05, 0) is 43.0 Å². The van der Waals surface area contributed by atoms with Crippen LogP contribution in [0.2, 0.25) is 0 Å². The highest BCUT2D eigenvalue weighted by atomic mass is 32.1. The number of rotatable bonds is 5. The van der Waals surface area contributed by atoms with E-state index in [4.69, 9.17) is 9.97 Å². The van der Waals surface area contributed by atoms with Gasteiger partial charge in [-0.25, -0.2) is 4.98 Å². The molecule has 3 N–H and O–H groups in total. The fourth-order valence-corrected chi connectivity index (χ4v) is 4.37. The summed E-state index contributed by atoms with van der Waals surface area (Å²) in [4.78, 5) is 11.7. The second-order valence-electron chi connectivity index (χ2n) is 7.25. The Bertz CT molecular complexity index is 917. The SMILES string of the molecule is OC[C@@H]1CCCN(c2nc(Nc3cc(C4CC4)[nH]n3)c3sccc3n2)C1. The van der Waals surface area contributed by atoms with E-state index in [1.807, 2.05) is 11.4 Å². The summed E-state index contributed by atoms with van der Waals surface area (Å²) in [5.41, 5.74) is 2.15. The van der Waals surface area contributed by atoms with Crippen LogP contribution in [0.15, 0.2) is 17.5 Å². The first-order valence-electron chi connectivity index (χ1n) is 9.23. The van der Waals surface area contributed by atoms with Gasteiger partial charge in [0.1, 0.15) is 0 Å². The fourth-order valence-electron chi connectivity index (χ4n) is 3.60. The third-order valence-electron chi connectivity index (χ3n) is 5.21. The highest BCUT2D eigenvalue weighted by Gasteiger charge is 2.26. The summed E-state index contributed by atoms with van der Waals surface area (Å²) < 4.78 is 1.04. The summed E-state index contributed by atoms with van der Waals surface area (Å²) >= 11 is 1.64. The molecule has 4 heterocycles. The molecule has 5 rings (SSSR count). The molecule has 26 heavy (non-hydrogen) atoms. The van der Waals surface area contributed by atoms with E-state index in [1.54, 1.807) is 11.3 Å². The lowest BCUT2D eigenvalue weighted by Crippen LogP contribution is -2.37. The number of hydrogen-bond acceptors (Lipinski definition) is 7. The zero-order valence-corrected chi connectivity index (χ0v) is 15.3. The number of thiophene rings is 1. The second-order valence-corrected chi connectivity index (χ2v) is 8.17. The largest absolute Gasteiger partial charge is 0.396 e. The van der Waals surface area contributed by atoms with Crippen LogP contribution >= 0.6 is 11.3 Å². The smallest absolute Gasteiger partial charge is 0.227 e. The number of aliphatic hydroxyl groups excluding tert-OH is 1. The van der Waals surface area contributed by atoms with Crippen molar-refractivity contribution in [2.45, 2.75) is 31.6 Å². The topological polar surface area (TPSA) is 90.0 Å². The van der Waals surface area contributed by atoms with Crippen LogP contribution in [0.25, 0.3) is 10.2 Å². The molecule has 0 amide bonds. The van der Waals surface area contributed by atoms with Crippen LogP contribution < -0.4 is 10.2 Å². The Balaban J connectivity index is 1.46. The molecule has 2 aliphatic rings. The van der Waals surface area contributed by atoms with Gasteiger partial charge in [-0.3, -0.25) is 5.10 Å². The molecule has 1 atom stereocenters. The minimum absolute atomic E-state index is 0.222. The van der Waals surface area contributed by atoms with Crippen molar-refractivity contribution in [2.75, 3.05) is 29.9 Å². The lowest BCUT2D eigenvalue weighted by molar-refractivity contribution is 0.208. The van der Waals surface area contributed by atoms with E-state index < -0.39 is 0 Å². The summed E-state index contributed by atoms with van der Waals surface area (Å²) in [7, 11) is 0. The number of aromatic nitrogens is 4. The first kappa shape index (κ1) is 16.0. The van der Waals surface area contributed by atoms with Crippen molar-refractivity contribution >= 4 is 39.1 Å². The van der Waals surface area contributed by atoms with E-state index in [0.717, 1.165) is 53.7 Å². The highest BCUT2D eigenvalue weighted by molar-refractivity contribution is 7.17. The van der Waals surface area contributed by atoms with Gasteiger partial charge in [-0.1, -0.05) is 0 Å². The molecule has 0 bridgehead atoms. The summed E-state index contributed by atoms with van der Waals surface area (Å²) in [5.74, 6) is 3.28. The van der Waals surface area contributed by atoms with Crippen LogP contribution in [0.3, 0.4) is 0 Å². The van der Waals surface area contributed by atoms with Gasteiger partial charge in [0, 0.05) is 37.4 Å². The number of H-pyrrole nitrogens is 1. The fraction of sp³-hybridized carbons (Fsp3) is 0.500. The summed E-state index contributed by atoms with van der Waals surface area (Å²) in [5, 5.41) is 22.5. The van der Waals surface area contributed by atoms with Crippen LogP contribution in [0.1, 0.15) is 37.3 Å². The maximum Gasteiger partial charge on any atom is 0.227 e. The van der Waals surface area contributed by atoms with Gasteiger partial charge >= 0.3 is 0 Å². The maximum absolute atomic E-state index is 9.51. The lowest BCUT2D eigenvalue weighted by Gasteiger charge is -2.32. The third kappa shape index (κ3) is 3.03. The van der Waals surface area contributed by atoms with Crippen LogP contribution in [0.5, 0.6) is 0 Å². The minimum Gasteiger partial charge on any atom is -0.396 e. The Morgan fingerprint density at radius 3 is 3.08 bits per heavy atom. The average Bonchev–Trinajstić information content (AvgIpc) is 3.23. The van der Waals surface area contributed by atoms with Gasteiger partial charge in [-0.15, -0.1) is 11.3 Å². The molecule has 0 unspecified atom stereocenters. The second kappa shape index (κ2) is 6.51. The van der Waals surface area contributed by atoms with Crippen molar-refractivity contribution in [1.29, 1.82) is 0 Å². The van der Waals surface area contributed by atoms with Crippen molar-refractivity contribution in [1.82, 2.24) is 20.2 Å². The molecule has 0 aromatic carbocycles. The van der Waals surface area contributed by atoms with Crippen LogP contribution in [0.4, 0.5) is 17.6 Å². The van der Waals surface area contributed by atoms with Crippen molar-refractivity contribution in [3.8, 4) is 0 Å².